The number of carbonyl (C=O) groups excluding carboxylic acids is 1. The molecule has 0 aliphatic heterocycles. The molecule has 4 nitrogen and oxygen atoms in total. The van der Waals surface area contributed by atoms with E-state index in [0.29, 0.717) is 12.8 Å². The Bertz CT molecular complexity index is 256. The summed E-state index contributed by atoms with van der Waals surface area (Å²) in [6.45, 7) is 1.98. The van der Waals surface area contributed by atoms with E-state index in [1.807, 2.05) is 6.07 Å². The fourth-order valence-corrected chi connectivity index (χ4v) is 0.978. The minimum absolute atomic E-state index is 0.272. The highest BCUT2D eigenvalue weighted by Gasteiger charge is 2.08. The van der Waals surface area contributed by atoms with E-state index in [0.717, 1.165) is 10.8 Å². The second-order valence-electron chi connectivity index (χ2n) is 2.70. The molecule has 4 heteroatoms. The number of nitrogens with zero attached hydrogens (tertiary/aromatic N) is 1. The van der Waals surface area contributed by atoms with E-state index in [9.17, 15) is 4.79 Å². The fourth-order valence-electron chi connectivity index (χ4n) is 0.978. The van der Waals surface area contributed by atoms with Crippen LogP contribution in [0.1, 0.15) is 19.1 Å². The molecule has 0 saturated carbocycles. The Labute approximate surface area is 76.7 Å². The Balaban J connectivity index is 2.30. The minimum atomic E-state index is -0.272. The molecule has 0 saturated heterocycles. The van der Waals surface area contributed by atoms with Crippen molar-refractivity contribution < 1.29 is 14.4 Å². The summed E-state index contributed by atoms with van der Waals surface area (Å²) in [6.07, 6.45) is 2.42. The molecule has 0 atom stereocenters. The van der Waals surface area contributed by atoms with Gasteiger partial charge in [0.25, 0.3) is 0 Å². The first-order chi connectivity index (χ1) is 6.24. The second-order valence-corrected chi connectivity index (χ2v) is 2.70. The first-order valence-electron chi connectivity index (χ1n) is 4.25. The van der Waals surface area contributed by atoms with Crippen molar-refractivity contribution in [2.45, 2.75) is 19.8 Å². The van der Waals surface area contributed by atoms with Crippen LogP contribution in [0.3, 0.4) is 0 Å². The maximum Gasteiger partial charge on any atom is 0.245 e. The third kappa shape index (κ3) is 2.91. The average Bonchev–Trinajstić information content (AvgIpc) is 2.65. The molecule has 1 N–H and O–H groups in total. The Morgan fingerprint density at radius 1 is 1.69 bits per heavy atom. The molecule has 0 spiro atoms. The number of amides is 1. The molecule has 1 amide bonds. The second kappa shape index (κ2) is 4.67. The Kier molecular flexibility index (Phi) is 3.52. The van der Waals surface area contributed by atoms with Gasteiger partial charge in [0.05, 0.1) is 12.8 Å². The molecule has 72 valence electrons. The molecule has 1 aromatic rings. The Morgan fingerprint density at radius 3 is 3.00 bits per heavy atom. The average molecular weight is 183 g/mol. The van der Waals surface area contributed by atoms with Gasteiger partial charge in [-0.2, -0.15) is 0 Å². The van der Waals surface area contributed by atoms with Crippen LogP contribution in [0.5, 0.6) is 0 Å². The van der Waals surface area contributed by atoms with Crippen molar-refractivity contribution in [2.24, 2.45) is 0 Å². The maximum absolute atomic E-state index is 10.9. The minimum Gasteiger partial charge on any atom is -0.469 e. The predicted octanol–water partition coefficient (Wildman–Crippen LogP) is 1.45. The summed E-state index contributed by atoms with van der Waals surface area (Å²) in [4.78, 5) is 10.9. The molecule has 0 aliphatic carbocycles. The largest absolute Gasteiger partial charge is 0.469 e. The van der Waals surface area contributed by atoms with Gasteiger partial charge in [0.2, 0.25) is 5.91 Å². The number of hydrogen-bond donors (Lipinski definition) is 1. The SMILES string of the molecule is CCC(=O)N(O)CCc1ccco1. The van der Waals surface area contributed by atoms with E-state index in [2.05, 4.69) is 0 Å². The van der Waals surface area contributed by atoms with E-state index in [-0.39, 0.29) is 12.5 Å². The lowest BCUT2D eigenvalue weighted by Crippen LogP contribution is -2.28. The lowest BCUT2D eigenvalue weighted by molar-refractivity contribution is -0.164. The van der Waals surface area contributed by atoms with Crippen LogP contribution < -0.4 is 0 Å². The number of carbonyl (C=O) groups is 1. The zero-order valence-electron chi connectivity index (χ0n) is 7.56. The van der Waals surface area contributed by atoms with Crippen molar-refractivity contribution in [3.63, 3.8) is 0 Å². The molecule has 1 rings (SSSR count). The van der Waals surface area contributed by atoms with Gasteiger partial charge in [-0.15, -0.1) is 0 Å². The molecule has 0 aliphatic rings. The topological polar surface area (TPSA) is 53.7 Å². The summed E-state index contributed by atoms with van der Waals surface area (Å²) < 4.78 is 5.05. The van der Waals surface area contributed by atoms with Crippen molar-refractivity contribution in [1.82, 2.24) is 5.06 Å². The normalized spacial score (nSPS) is 10.0. The highest BCUT2D eigenvalue weighted by atomic mass is 16.5. The lowest BCUT2D eigenvalue weighted by atomic mass is 10.3. The summed E-state index contributed by atoms with van der Waals surface area (Å²) in [5, 5.41) is 9.88. The van der Waals surface area contributed by atoms with Crippen LogP contribution in [-0.2, 0) is 11.2 Å². The predicted molar refractivity (Wildman–Crippen MR) is 46.2 cm³/mol. The van der Waals surface area contributed by atoms with Crippen molar-refractivity contribution in [1.29, 1.82) is 0 Å². The van der Waals surface area contributed by atoms with Crippen molar-refractivity contribution >= 4 is 5.91 Å². The van der Waals surface area contributed by atoms with Crippen LogP contribution in [0.15, 0.2) is 22.8 Å². The molecule has 13 heavy (non-hydrogen) atoms. The van der Waals surface area contributed by atoms with Crippen LogP contribution in [0.4, 0.5) is 0 Å². The number of furan rings is 1. The van der Waals surface area contributed by atoms with Crippen molar-refractivity contribution in [2.75, 3.05) is 6.54 Å². The van der Waals surface area contributed by atoms with Gasteiger partial charge >= 0.3 is 0 Å². The third-order valence-electron chi connectivity index (χ3n) is 1.74. The fraction of sp³-hybridized carbons (Fsp3) is 0.444. The van der Waals surface area contributed by atoms with Crippen molar-refractivity contribution in [3.05, 3.63) is 24.2 Å². The first-order valence-corrected chi connectivity index (χ1v) is 4.25. The molecule has 0 fully saturated rings. The van der Waals surface area contributed by atoms with Gasteiger partial charge in [-0.1, -0.05) is 6.92 Å². The van der Waals surface area contributed by atoms with E-state index in [4.69, 9.17) is 9.62 Å². The Hall–Kier alpha value is -1.29. The van der Waals surface area contributed by atoms with Crippen LogP contribution >= 0.6 is 0 Å². The monoisotopic (exact) mass is 183 g/mol. The molecule has 1 aromatic heterocycles. The quantitative estimate of drug-likeness (QED) is 0.567. The zero-order valence-corrected chi connectivity index (χ0v) is 7.56. The van der Waals surface area contributed by atoms with Gasteiger partial charge in [-0.25, -0.2) is 5.06 Å². The molecule has 0 unspecified atom stereocenters. The van der Waals surface area contributed by atoms with Gasteiger partial charge in [0.1, 0.15) is 5.76 Å². The summed E-state index contributed by atoms with van der Waals surface area (Å²) in [5.74, 6) is 0.495. The summed E-state index contributed by atoms with van der Waals surface area (Å²) in [7, 11) is 0. The van der Waals surface area contributed by atoms with Crippen LogP contribution in [0.25, 0.3) is 0 Å². The standard InChI is InChI=1S/C9H13NO3/c1-2-9(11)10(12)6-5-8-4-3-7-13-8/h3-4,7,12H,2,5-6H2,1H3. The maximum atomic E-state index is 10.9. The third-order valence-corrected chi connectivity index (χ3v) is 1.74. The molecule has 1 heterocycles. The zero-order chi connectivity index (χ0) is 9.68. The van der Waals surface area contributed by atoms with Crippen LogP contribution in [-0.4, -0.2) is 22.7 Å². The van der Waals surface area contributed by atoms with Gasteiger partial charge < -0.3 is 4.42 Å². The van der Waals surface area contributed by atoms with Gasteiger partial charge in [0, 0.05) is 12.8 Å². The molecular weight excluding hydrogens is 170 g/mol. The van der Waals surface area contributed by atoms with Crippen LogP contribution in [0.2, 0.25) is 0 Å². The number of rotatable bonds is 4. The van der Waals surface area contributed by atoms with E-state index in [1.54, 1.807) is 19.3 Å². The highest BCUT2D eigenvalue weighted by molar-refractivity contribution is 5.74. The van der Waals surface area contributed by atoms with E-state index < -0.39 is 0 Å². The molecular formula is C9H13NO3. The van der Waals surface area contributed by atoms with E-state index in [1.165, 1.54) is 0 Å². The number of hydrogen-bond acceptors (Lipinski definition) is 3. The number of hydroxylamine groups is 2. The highest BCUT2D eigenvalue weighted by Crippen LogP contribution is 2.02. The molecule has 0 aromatic carbocycles. The molecule has 0 bridgehead atoms. The van der Waals surface area contributed by atoms with E-state index >= 15 is 0 Å². The van der Waals surface area contributed by atoms with Gasteiger partial charge in [-0.3, -0.25) is 10.0 Å². The Morgan fingerprint density at radius 2 is 2.46 bits per heavy atom. The summed E-state index contributed by atoms with van der Waals surface area (Å²) in [5.41, 5.74) is 0. The first kappa shape index (κ1) is 9.80. The molecule has 0 radical (unpaired) electrons. The smallest absolute Gasteiger partial charge is 0.245 e. The van der Waals surface area contributed by atoms with Crippen LogP contribution in [0, 0.1) is 0 Å². The summed E-state index contributed by atoms with van der Waals surface area (Å²) >= 11 is 0. The summed E-state index contributed by atoms with van der Waals surface area (Å²) in [6, 6.07) is 3.59. The van der Waals surface area contributed by atoms with Crippen molar-refractivity contribution in [3.8, 4) is 0 Å². The van der Waals surface area contributed by atoms with Gasteiger partial charge in [-0.05, 0) is 12.1 Å². The van der Waals surface area contributed by atoms with Gasteiger partial charge in [0.15, 0.2) is 0 Å². The lowest BCUT2D eigenvalue weighted by Gasteiger charge is -2.12.